The Morgan fingerprint density at radius 1 is 0.429 bits per heavy atom. The van der Waals surface area contributed by atoms with Gasteiger partial charge in [-0.15, -0.1) is 0 Å². The highest BCUT2D eigenvalue weighted by atomic mass is 16.6. The lowest BCUT2D eigenvalue weighted by Crippen LogP contribution is -2.45. The van der Waals surface area contributed by atoms with Crippen LogP contribution in [0.2, 0.25) is 0 Å². The van der Waals surface area contributed by atoms with Crippen LogP contribution in [0.25, 0.3) is 0 Å². The quantitative estimate of drug-likeness (QED) is 0.0182. The monoisotopic (exact) mass is 1080 g/mol. The standard InChI is InChI=1S/C49H50N4O24/c1-68-43(53-67)29-3-5-30(6-4-29)44(62)70-21-39(58)74-25-49(26-75-40(59)22-71-45(63)31-7-13-34(14-8-31)50-37(56)19-54,27-76-41(60)23-72-46(64)32-9-15-35(16-10-32)51-38(57)20-55)28-77-42(61)24-73-47(65)33-11-17-36(18-12-33)52-48(66)69-2/h3-18,43,53-55,67H,19-28H2,1-2H3,(H,50,56)(H,51,57)(H,52,66). The lowest BCUT2D eigenvalue weighted by molar-refractivity contribution is -0.174. The van der Waals surface area contributed by atoms with Gasteiger partial charge in [0.15, 0.2) is 32.7 Å². The van der Waals surface area contributed by atoms with Gasteiger partial charge in [0.1, 0.15) is 45.1 Å². The van der Waals surface area contributed by atoms with E-state index >= 15 is 0 Å². The van der Waals surface area contributed by atoms with Crippen LogP contribution in [-0.4, -0.2) is 161 Å². The Labute approximate surface area is 435 Å². The van der Waals surface area contributed by atoms with Crippen molar-refractivity contribution in [3.63, 3.8) is 0 Å². The minimum Gasteiger partial charge on any atom is -0.462 e. The lowest BCUT2D eigenvalue weighted by Gasteiger charge is -2.31. The molecule has 4 rings (SSSR count). The van der Waals surface area contributed by atoms with E-state index < -0.39 is 143 Å². The molecule has 4 aromatic rings. The number of hydrogen-bond acceptors (Lipinski definition) is 25. The summed E-state index contributed by atoms with van der Waals surface area (Å²) in [7, 11) is 2.45. The van der Waals surface area contributed by atoms with E-state index in [1.807, 2.05) is 5.48 Å². The number of rotatable bonds is 28. The minimum atomic E-state index is -2.11. The Morgan fingerprint density at radius 2 is 0.714 bits per heavy atom. The lowest BCUT2D eigenvalue weighted by atomic mass is 9.92. The van der Waals surface area contributed by atoms with Gasteiger partial charge < -0.3 is 73.4 Å². The molecule has 77 heavy (non-hydrogen) atoms. The number of ether oxygens (including phenoxy) is 10. The predicted molar refractivity (Wildman–Crippen MR) is 255 cm³/mol. The molecule has 7 N–H and O–H groups in total. The summed E-state index contributed by atoms with van der Waals surface area (Å²) in [4.78, 5) is 138. The van der Waals surface area contributed by atoms with Gasteiger partial charge in [0.2, 0.25) is 11.8 Å². The van der Waals surface area contributed by atoms with Gasteiger partial charge in [-0.05, 0) is 90.5 Å². The van der Waals surface area contributed by atoms with Crippen molar-refractivity contribution in [1.29, 1.82) is 0 Å². The summed E-state index contributed by atoms with van der Waals surface area (Å²) >= 11 is 0. The molecule has 4 aromatic carbocycles. The highest BCUT2D eigenvalue weighted by molar-refractivity contribution is 5.96. The van der Waals surface area contributed by atoms with E-state index in [2.05, 4.69) is 20.7 Å². The van der Waals surface area contributed by atoms with Crippen LogP contribution in [0.15, 0.2) is 97.1 Å². The summed E-state index contributed by atoms with van der Waals surface area (Å²) < 4.78 is 51.1. The van der Waals surface area contributed by atoms with Crippen molar-refractivity contribution < 1.29 is 116 Å². The first-order valence-corrected chi connectivity index (χ1v) is 22.2. The number of nitrogens with one attached hydrogen (secondary N) is 4. The second-order valence-corrected chi connectivity index (χ2v) is 15.6. The smallest absolute Gasteiger partial charge is 0.411 e. The van der Waals surface area contributed by atoms with Crippen LogP contribution in [0.1, 0.15) is 53.2 Å². The molecule has 0 aromatic heterocycles. The van der Waals surface area contributed by atoms with E-state index in [0.29, 0.717) is 5.56 Å². The summed E-state index contributed by atoms with van der Waals surface area (Å²) in [5.74, 6) is -10.6. The molecule has 0 bridgehead atoms. The van der Waals surface area contributed by atoms with Crippen molar-refractivity contribution in [1.82, 2.24) is 5.48 Å². The number of hydroxylamine groups is 1. The van der Waals surface area contributed by atoms with Crippen molar-refractivity contribution >= 4 is 82.7 Å². The molecule has 0 aliphatic carbocycles. The SMILES string of the molecule is COC(=O)Nc1ccc(C(=O)OCC(=O)OCC(COC(=O)COC(=O)c2ccc(NC(=O)CO)cc2)(COC(=O)COC(=O)c2ccc(NC(=O)CO)cc2)COC(=O)COC(=O)c2ccc(C(NO)OC)cc2)cc1. The number of benzene rings is 4. The Morgan fingerprint density at radius 3 is 0.974 bits per heavy atom. The summed E-state index contributed by atoms with van der Waals surface area (Å²) in [5, 5.41) is 34.3. The predicted octanol–water partition coefficient (Wildman–Crippen LogP) is 1.24. The molecule has 1 atom stereocenters. The third-order valence-corrected chi connectivity index (χ3v) is 9.89. The van der Waals surface area contributed by atoms with Crippen molar-refractivity contribution in [2.45, 2.75) is 6.23 Å². The van der Waals surface area contributed by atoms with E-state index in [4.69, 9.17) is 52.8 Å². The molecule has 0 aliphatic rings. The number of esters is 8. The Balaban J connectivity index is 1.52. The maximum absolute atomic E-state index is 13.1. The number of amides is 3. The van der Waals surface area contributed by atoms with E-state index in [-0.39, 0.29) is 39.3 Å². The molecule has 410 valence electrons. The largest absolute Gasteiger partial charge is 0.462 e. The molecular formula is C49H50N4O24. The van der Waals surface area contributed by atoms with Crippen LogP contribution in [-0.2, 0) is 76.1 Å². The maximum Gasteiger partial charge on any atom is 0.411 e. The van der Waals surface area contributed by atoms with Crippen LogP contribution < -0.4 is 21.4 Å². The van der Waals surface area contributed by atoms with Crippen LogP contribution in [0.3, 0.4) is 0 Å². The van der Waals surface area contributed by atoms with Crippen LogP contribution in [0, 0.1) is 5.41 Å². The zero-order chi connectivity index (χ0) is 56.3. The number of hydrogen-bond donors (Lipinski definition) is 7. The number of carbonyl (C=O) groups is 11. The highest BCUT2D eigenvalue weighted by Crippen LogP contribution is 2.23. The average Bonchev–Trinajstić information content (AvgIpc) is 3.45. The van der Waals surface area contributed by atoms with E-state index in [9.17, 15) is 57.9 Å². The molecular weight excluding hydrogens is 1030 g/mol. The third kappa shape index (κ3) is 20.5. The molecule has 0 radical (unpaired) electrons. The fourth-order valence-electron chi connectivity index (χ4n) is 5.88. The number of aliphatic hydroxyl groups is 2. The van der Waals surface area contributed by atoms with Gasteiger partial charge in [-0.2, -0.15) is 5.48 Å². The number of aliphatic hydroxyl groups excluding tert-OH is 2. The molecule has 28 heteroatoms. The van der Waals surface area contributed by atoms with E-state index in [0.717, 1.165) is 7.11 Å². The summed E-state index contributed by atoms with van der Waals surface area (Å²) in [6.45, 7) is -9.70. The van der Waals surface area contributed by atoms with E-state index in [1.54, 1.807) is 0 Å². The first-order chi connectivity index (χ1) is 36.9. The van der Waals surface area contributed by atoms with Gasteiger partial charge >= 0.3 is 53.8 Å². The molecule has 1 unspecified atom stereocenters. The molecule has 0 aliphatic heterocycles. The Hall–Kier alpha value is -9.35. The van der Waals surface area contributed by atoms with E-state index in [1.165, 1.54) is 104 Å². The Bertz CT molecular complexity index is 2490. The topological polar surface area (TPSA) is 389 Å². The molecule has 0 saturated carbocycles. The number of anilines is 3. The minimum absolute atomic E-state index is 0.0452. The fourth-order valence-corrected chi connectivity index (χ4v) is 5.88. The average molecular weight is 1080 g/mol. The summed E-state index contributed by atoms with van der Waals surface area (Å²) in [6, 6.07) is 20.8. The Kier molecular flexibility index (Phi) is 24.0. The molecule has 0 saturated heterocycles. The maximum atomic E-state index is 13.1. The summed E-state index contributed by atoms with van der Waals surface area (Å²) in [5.41, 5.74) is 0.609. The highest BCUT2D eigenvalue weighted by Gasteiger charge is 2.39. The van der Waals surface area contributed by atoms with Gasteiger partial charge in [-0.25, -0.2) is 43.2 Å². The van der Waals surface area contributed by atoms with Crippen LogP contribution in [0.5, 0.6) is 0 Å². The van der Waals surface area contributed by atoms with Gasteiger partial charge in [-0.3, -0.25) is 14.9 Å². The third-order valence-electron chi connectivity index (χ3n) is 9.89. The number of methoxy groups -OCH3 is 2. The van der Waals surface area contributed by atoms with Gasteiger partial charge in [0.05, 0.1) is 29.4 Å². The second kappa shape index (κ2) is 30.8. The molecule has 0 heterocycles. The van der Waals surface area contributed by atoms with Crippen molar-refractivity contribution in [2.75, 3.05) is 96.2 Å². The van der Waals surface area contributed by atoms with Gasteiger partial charge in [-0.1, -0.05) is 12.1 Å². The zero-order valence-corrected chi connectivity index (χ0v) is 40.8. The first kappa shape index (κ1) is 60.2. The molecule has 28 nitrogen and oxygen atoms in total. The molecule has 0 fully saturated rings. The fraction of sp³-hybridized carbons (Fsp3) is 0.286. The van der Waals surface area contributed by atoms with Crippen molar-refractivity contribution in [3.8, 4) is 0 Å². The van der Waals surface area contributed by atoms with Crippen molar-refractivity contribution in [2.24, 2.45) is 5.41 Å². The van der Waals surface area contributed by atoms with Gasteiger partial charge in [0.25, 0.3) is 0 Å². The first-order valence-electron chi connectivity index (χ1n) is 22.2. The normalized spacial score (nSPS) is 11.0. The zero-order valence-electron chi connectivity index (χ0n) is 40.8. The summed E-state index contributed by atoms with van der Waals surface area (Å²) in [6.07, 6.45) is -1.72. The van der Waals surface area contributed by atoms with Crippen molar-refractivity contribution in [3.05, 3.63) is 125 Å². The second-order valence-electron chi connectivity index (χ2n) is 15.6. The number of carbonyl (C=O) groups excluding carboxylic acids is 11. The van der Waals surface area contributed by atoms with Gasteiger partial charge in [0, 0.05) is 24.2 Å². The molecule has 3 amide bonds. The van der Waals surface area contributed by atoms with Crippen LogP contribution >= 0.6 is 0 Å². The van der Waals surface area contributed by atoms with Crippen LogP contribution in [0.4, 0.5) is 21.9 Å². The molecule has 0 spiro atoms.